The van der Waals surface area contributed by atoms with Crippen LogP contribution in [0.1, 0.15) is 19.8 Å². The number of ether oxygens (including phenoxy) is 1. The van der Waals surface area contributed by atoms with Gasteiger partial charge < -0.3 is 14.7 Å². The predicted octanol–water partition coefficient (Wildman–Crippen LogP) is 0.256. The molecule has 1 N–H and O–H groups in total. The summed E-state index contributed by atoms with van der Waals surface area (Å²) in [6, 6.07) is 0. The molecule has 2 aliphatic rings. The molecule has 0 aromatic rings. The molecule has 0 aliphatic carbocycles. The van der Waals surface area contributed by atoms with Crippen LogP contribution in [0.15, 0.2) is 0 Å². The van der Waals surface area contributed by atoms with Crippen molar-refractivity contribution in [1.29, 1.82) is 0 Å². The van der Waals surface area contributed by atoms with Crippen LogP contribution in [-0.4, -0.2) is 72.4 Å². The third-order valence-electron chi connectivity index (χ3n) is 4.02. The van der Waals surface area contributed by atoms with Crippen molar-refractivity contribution in [2.24, 2.45) is 0 Å². The van der Waals surface area contributed by atoms with Gasteiger partial charge in [0.15, 0.2) is 0 Å². The molecule has 2 aliphatic heterocycles. The molecule has 2 rings (SSSR count). The lowest BCUT2D eigenvalue weighted by Gasteiger charge is -2.37. The van der Waals surface area contributed by atoms with Gasteiger partial charge >= 0.3 is 5.97 Å². The molecule has 2 heterocycles. The molecular weight excluding hydrogens is 220 g/mol. The van der Waals surface area contributed by atoms with Crippen LogP contribution >= 0.6 is 0 Å². The van der Waals surface area contributed by atoms with Crippen molar-refractivity contribution >= 4 is 5.97 Å². The number of carboxylic acid groups (broad SMARTS) is 1. The second-order valence-electron chi connectivity index (χ2n) is 5.38. The molecule has 2 unspecified atom stereocenters. The minimum Gasteiger partial charge on any atom is -0.480 e. The summed E-state index contributed by atoms with van der Waals surface area (Å²) in [5.74, 6) is -0.709. The molecule has 0 spiro atoms. The van der Waals surface area contributed by atoms with Gasteiger partial charge in [-0.1, -0.05) is 0 Å². The zero-order chi connectivity index (χ0) is 12.5. The number of hydrogen-bond acceptors (Lipinski definition) is 4. The lowest BCUT2D eigenvalue weighted by molar-refractivity contribution is -0.150. The number of rotatable bonds is 3. The summed E-state index contributed by atoms with van der Waals surface area (Å²) in [6.07, 6.45) is 1.85. The first-order chi connectivity index (χ1) is 8.02. The van der Waals surface area contributed by atoms with Gasteiger partial charge in [0.25, 0.3) is 0 Å². The van der Waals surface area contributed by atoms with Gasteiger partial charge in [-0.05, 0) is 33.4 Å². The number of carbonyl (C=O) groups is 1. The number of morpholine rings is 1. The van der Waals surface area contributed by atoms with Crippen LogP contribution in [0.5, 0.6) is 0 Å². The topological polar surface area (TPSA) is 53.0 Å². The molecule has 0 bridgehead atoms. The first-order valence-corrected chi connectivity index (χ1v) is 6.31. The van der Waals surface area contributed by atoms with Crippen LogP contribution < -0.4 is 0 Å². The van der Waals surface area contributed by atoms with Crippen molar-refractivity contribution in [2.45, 2.75) is 31.4 Å². The van der Waals surface area contributed by atoms with E-state index in [9.17, 15) is 9.90 Å². The highest BCUT2D eigenvalue weighted by molar-refractivity contribution is 5.78. The SMILES string of the molecule is CN1CCOC(CN2CCCC2(C)C(=O)O)C1. The fourth-order valence-electron chi connectivity index (χ4n) is 2.78. The molecule has 0 radical (unpaired) electrons. The average molecular weight is 242 g/mol. The van der Waals surface area contributed by atoms with Crippen molar-refractivity contribution in [3.05, 3.63) is 0 Å². The molecule has 5 nitrogen and oxygen atoms in total. The first kappa shape index (κ1) is 12.8. The summed E-state index contributed by atoms with van der Waals surface area (Å²) in [6.45, 7) is 6.03. The normalized spacial score (nSPS) is 36.2. The molecule has 0 aromatic heterocycles. The fraction of sp³-hybridized carbons (Fsp3) is 0.917. The second-order valence-corrected chi connectivity index (χ2v) is 5.38. The summed E-state index contributed by atoms with van der Waals surface area (Å²) < 4.78 is 5.71. The number of carboxylic acids is 1. The van der Waals surface area contributed by atoms with E-state index in [4.69, 9.17) is 4.74 Å². The maximum absolute atomic E-state index is 11.3. The van der Waals surface area contributed by atoms with E-state index in [1.807, 2.05) is 6.92 Å². The number of aliphatic carboxylic acids is 1. The first-order valence-electron chi connectivity index (χ1n) is 6.31. The molecule has 0 saturated carbocycles. The summed E-state index contributed by atoms with van der Waals surface area (Å²) in [7, 11) is 2.08. The molecule has 2 saturated heterocycles. The summed E-state index contributed by atoms with van der Waals surface area (Å²) in [5.41, 5.74) is -0.695. The second kappa shape index (κ2) is 4.92. The van der Waals surface area contributed by atoms with E-state index in [1.54, 1.807) is 0 Å². The van der Waals surface area contributed by atoms with Gasteiger partial charge in [0.05, 0.1) is 12.7 Å². The van der Waals surface area contributed by atoms with Gasteiger partial charge in [0.2, 0.25) is 0 Å². The number of likely N-dealkylation sites (tertiary alicyclic amines) is 1. The van der Waals surface area contributed by atoms with Crippen LogP contribution in [0.2, 0.25) is 0 Å². The molecular formula is C12H22N2O3. The summed E-state index contributed by atoms with van der Waals surface area (Å²) in [4.78, 5) is 15.7. The standard InChI is InChI=1S/C12H22N2O3/c1-12(11(15)16)4-3-5-14(12)9-10-8-13(2)6-7-17-10/h10H,3-9H2,1-2H3,(H,15,16). The van der Waals surface area contributed by atoms with Crippen LogP contribution in [0.25, 0.3) is 0 Å². The molecule has 0 aromatic carbocycles. The van der Waals surface area contributed by atoms with E-state index >= 15 is 0 Å². The van der Waals surface area contributed by atoms with E-state index < -0.39 is 11.5 Å². The molecule has 5 heteroatoms. The van der Waals surface area contributed by atoms with Crippen LogP contribution in [0.4, 0.5) is 0 Å². The Morgan fingerprint density at radius 2 is 2.29 bits per heavy atom. The Labute approximate surface area is 102 Å². The third-order valence-corrected chi connectivity index (χ3v) is 4.02. The smallest absolute Gasteiger partial charge is 0.323 e. The quantitative estimate of drug-likeness (QED) is 0.769. The Morgan fingerprint density at radius 1 is 1.53 bits per heavy atom. The average Bonchev–Trinajstić information content (AvgIpc) is 2.62. The monoisotopic (exact) mass is 242 g/mol. The van der Waals surface area contributed by atoms with Crippen molar-refractivity contribution in [3.63, 3.8) is 0 Å². The van der Waals surface area contributed by atoms with Gasteiger partial charge in [0.1, 0.15) is 5.54 Å². The Bertz CT molecular complexity index is 297. The lowest BCUT2D eigenvalue weighted by Crippen LogP contribution is -2.53. The Hall–Kier alpha value is -0.650. The Morgan fingerprint density at radius 3 is 2.94 bits per heavy atom. The zero-order valence-electron chi connectivity index (χ0n) is 10.7. The number of hydrogen-bond donors (Lipinski definition) is 1. The summed E-state index contributed by atoms with van der Waals surface area (Å²) >= 11 is 0. The van der Waals surface area contributed by atoms with Crippen molar-refractivity contribution in [1.82, 2.24) is 9.80 Å². The van der Waals surface area contributed by atoms with Crippen molar-refractivity contribution in [2.75, 3.05) is 39.8 Å². The number of likely N-dealkylation sites (N-methyl/N-ethyl adjacent to an activating group) is 1. The zero-order valence-corrected chi connectivity index (χ0v) is 10.7. The predicted molar refractivity (Wildman–Crippen MR) is 64.1 cm³/mol. The van der Waals surface area contributed by atoms with Crippen LogP contribution in [0, 0.1) is 0 Å². The minimum absolute atomic E-state index is 0.144. The van der Waals surface area contributed by atoms with Gasteiger partial charge in [-0.25, -0.2) is 0 Å². The Balaban J connectivity index is 1.95. The van der Waals surface area contributed by atoms with E-state index in [2.05, 4.69) is 16.8 Å². The van der Waals surface area contributed by atoms with Gasteiger partial charge in [-0.3, -0.25) is 9.69 Å². The van der Waals surface area contributed by atoms with E-state index in [1.165, 1.54) is 0 Å². The van der Waals surface area contributed by atoms with Crippen molar-refractivity contribution in [3.8, 4) is 0 Å². The highest BCUT2D eigenvalue weighted by Gasteiger charge is 2.44. The number of nitrogens with zero attached hydrogens (tertiary/aromatic N) is 2. The molecule has 2 fully saturated rings. The molecule has 98 valence electrons. The highest BCUT2D eigenvalue weighted by atomic mass is 16.5. The third kappa shape index (κ3) is 2.61. The molecule has 0 amide bonds. The van der Waals surface area contributed by atoms with Gasteiger partial charge in [0, 0.05) is 19.6 Å². The minimum atomic E-state index is -0.709. The van der Waals surface area contributed by atoms with E-state index in [0.717, 1.165) is 45.6 Å². The largest absolute Gasteiger partial charge is 0.480 e. The van der Waals surface area contributed by atoms with E-state index in [-0.39, 0.29) is 6.10 Å². The maximum Gasteiger partial charge on any atom is 0.323 e. The summed E-state index contributed by atoms with van der Waals surface area (Å²) in [5, 5.41) is 9.33. The Kier molecular flexibility index (Phi) is 3.70. The van der Waals surface area contributed by atoms with Crippen LogP contribution in [-0.2, 0) is 9.53 Å². The molecule has 17 heavy (non-hydrogen) atoms. The maximum atomic E-state index is 11.3. The highest BCUT2D eigenvalue weighted by Crippen LogP contribution is 2.29. The lowest BCUT2D eigenvalue weighted by atomic mass is 9.99. The van der Waals surface area contributed by atoms with Gasteiger partial charge in [-0.15, -0.1) is 0 Å². The van der Waals surface area contributed by atoms with Crippen LogP contribution in [0.3, 0.4) is 0 Å². The van der Waals surface area contributed by atoms with Crippen molar-refractivity contribution < 1.29 is 14.6 Å². The van der Waals surface area contributed by atoms with Gasteiger partial charge in [-0.2, -0.15) is 0 Å². The fourth-order valence-corrected chi connectivity index (χ4v) is 2.78. The molecule has 2 atom stereocenters. The van der Waals surface area contributed by atoms with E-state index in [0.29, 0.717) is 0 Å².